The summed E-state index contributed by atoms with van der Waals surface area (Å²) in [7, 11) is -2.35. The summed E-state index contributed by atoms with van der Waals surface area (Å²) in [6.07, 6.45) is 7.26. The minimum Gasteiger partial charge on any atom is -0.512 e. The third-order valence-electron chi connectivity index (χ3n) is 4.42. The summed E-state index contributed by atoms with van der Waals surface area (Å²) in [5, 5.41) is 0. The number of hydrogen-bond acceptors (Lipinski definition) is 2. The van der Waals surface area contributed by atoms with Crippen LogP contribution in [0.2, 0.25) is 12.1 Å². The molecular weight excluding hydrogens is 324 g/mol. The van der Waals surface area contributed by atoms with Crippen LogP contribution in [0.1, 0.15) is 52.4 Å². The zero-order valence-corrected chi connectivity index (χ0v) is 16.7. The van der Waals surface area contributed by atoms with Gasteiger partial charge in [0.2, 0.25) is 0 Å². The van der Waals surface area contributed by atoms with Crippen molar-refractivity contribution < 1.29 is 8.85 Å². The van der Waals surface area contributed by atoms with Crippen molar-refractivity contribution in [3.8, 4) is 11.5 Å². The van der Waals surface area contributed by atoms with Crippen LogP contribution in [0, 0.1) is 0 Å². The minimum atomic E-state index is -2.35. The van der Waals surface area contributed by atoms with Crippen LogP contribution in [0.3, 0.4) is 0 Å². The average molecular weight is 357 g/mol. The van der Waals surface area contributed by atoms with Gasteiger partial charge in [-0.25, -0.2) is 0 Å². The van der Waals surface area contributed by atoms with E-state index >= 15 is 0 Å². The van der Waals surface area contributed by atoms with E-state index in [1.54, 1.807) is 0 Å². The quantitative estimate of drug-likeness (QED) is 0.302. The van der Waals surface area contributed by atoms with Crippen LogP contribution in [0.5, 0.6) is 11.5 Å². The lowest BCUT2D eigenvalue weighted by molar-refractivity contribution is 0.370. The predicted molar refractivity (Wildman–Crippen MR) is 109 cm³/mol. The number of rotatable bonds is 12. The smallest absolute Gasteiger partial charge is 0.460 e. The molecule has 0 spiro atoms. The van der Waals surface area contributed by atoms with E-state index in [1.807, 2.05) is 36.4 Å². The Labute approximate surface area is 154 Å². The van der Waals surface area contributed by atoms with E-state index in [9.17, 15) is 0 Å². The highest BCUT2D eigenvalue weighted by molar-refractivity contribution is 6.68. The van der Waals surface area contributed by atoms with E-state index in [2.05, 4.69) is 38.1 Å². The molecule has 0 heterocycles. The summed E-state index contributed by atoms with van der Waals surface area (Å²) >= 11 is 0. The van der Waals surface area contributed by atoms with E-state index in [4.69, 9.17) is 8.85 Å². The molecule has 0 N–H and O–H groups in total. The molecule has 25 heavy (non-hydrogen) atoms. The van der Waals surface area contributed by atoms with Gasteiger partial charge in [-0.2, -0.15) is 0 Å². The molecule has 0 amide bonds. The Balaban J connectivity index is 2.22. The Bertz CT molecular complexity index is 518. The lowest BCUT2D eigenvalue weighted by atomic mass is 10.3. The van der Waals surface area contributed by atoms with Crippen molar-refractivity contribution in [2.24, 2.45) is 0 Å². The fourth-order valence-corrected chi connectivity index (χ4v) is 6.45. The first-order valence-electron chi connectivity index (χ1n) is 9.76. The van der Waals surface area contributed by atoms with Gasteiger partial charge in [0.15, 0.2) is 0 Å². The first-order valence-corrected chi connectivity index (χ1v) is 12.0. The highest BCUT2D eigenvalue weighted by Gasteiger charge is 2.41. The Morgan fingerprint density at radius 1 is 0.600 bits per heavy atom. The van der Waals surface area contributed by atoms with E-state index in [0.29, 0.717) is 0 Å². The second-order valence-corrected chi connectivity index (χ2v) is 9.88. The molecule has 0 aliphatic carbocycles. The van der Waals surface area contributed by atoms with Crippen LogP contribution >= 0.6 is 0 Å². The maximum absolute atomic E-state index is 6.62. The van der Waals surface area contributed by atoms with Crippen molar-refractivity contribution in [1.82, 2.24) is 0 Å². The zero-order valence-electron chi connectivity index (χ0n) is 15.7. The molecule has 0 radical (unpaired) electrons. The standard InChI is InChI=1S/C22H32O2Si/c1-3-5-13-19-25(20-14-6-4-2,23-21-15-9-7-10-16-21)24-22-17-11-8-12-18-22/h7-12,15-18H,3-6,13-14,19-20H2,1-2H3. The van der Waals surface area contributed by atoms with Crippen molar-refractivity contribution in [3.63, 3.8) is 0 Å². The molecule has 136 valence electrons. The van der Waals surface area contributed by atoms with Gasteiger partial charge in [-0.05, 0) is 37.1 Å². The molecule has 2 aromatic carbocycles. The molecule has 0 saturated carbocycles. The van der Waals surface area contributed by atoms with Gasteiger partial charge in [0.05, 0.1) is 0 Å². The van der Waals surface area contributed by atoms with Crippen LogP contribution in [0.15, 0.2) is 60.7 Å². The van der Waals surface area contributed by atoms with E-state index < -0.39 is 8.56 Å². The van der Waals surface area contributed by atoms with Crippen LogP contribution in [0.25, 0.3) is 0 Å². The molecule has 0 atom stereocenters. The largest absolute Gasteiger partial charge is 0.512 e. The summed E-state index contributed by atoms with van der Waals surface area (Å²) in [6, 6.07) is 22.5. The molecular formula is C22H32O2Si. The third kappa shape index (κ3) is 6.95. The van der Waals surface area contributed by atoms with Gasteiger partial charge in [0, 0.05) is 12.1 Å². The highest BCUT2D eigenvalue weighted by atomic mass is 28.4. The Morgan fingerprint density at radius 2 is 1.00 bits per heavy atom. The monoisotopic (exact) mass is 356 g/mol. The second-order valence-electron chi connectivity index (χ2n) is 6.66. The maximum Gasteiger partial charge on any atom is 0.460 e. The molecule has 2 aromatic rings. The van der Waals surface area contributed by atoms with Gasteiger partial charge in [0.1, 0.15) is 11.5 Å². The number of para-hydroxylation sites is 2. The summed E-state index contributed by atoms with van der Waals surface area (Å²) < 4.78 is 13.2. The molecule has 0 bridgehead atoms. The average Bonchev–Trinajstić information content (AvgIpc) is 2.64. The lowest BCUT2D eigenvalue weighted by Crippen LogP contribution is -2.48. The van der Waals surface area contributed by atoms with Gasteiger partial charge in [-0.3, -0.25) is 0 Å². The van der Waals surface area contributed by atoms with Gasteiger partial charge in [-0.15, -0.1) is 0 Å². The fraction of sp³-hybridized carbons (Fsp3) is 0.455. The topological polar surface area (TPSA) is 18.5 Å². The molecule has 0 saturated heterocycles. The van der Waals surface area contributed by atoms with Crippen LogP contribution in [0.4, 0.5) is 0 Å². The highest BCUT2D eigenvalue weighted by Crippen LogP contribution is 2.29. The number of benzene rings is 2. The van der Waals surface area contributed by atoms with Crippen molar-refractivity contribution >= 4 is 8.56 Å². The second kappa shape index (κ2) is 11.0. The minimum absolute atomic E-state index is 0.943. The van der Waals surface area contributed by atoms with Crippen LogP contribution in [-0.4, -0.2) is 8.56 Å². The lowest BCUT2D eigenvalue weighted by Gasteiger charge is -2.32. The molecule has 3 heteroatoms. The molecule has 0 aliphatic rings. The molecule has 0 fully saturated rings. The normalized spacial score (nSPS) is 11.3. The number of hydrogen-bond donors (Lipinski definition) is 0. The fourth-order valence-electron chi connectivity index (χ4n) is 3.05. The molecule has 0 aliphatic heterocycles. The molecule has 2 rings (SSSR count). The Hall–Kier alpha value is -1.74. The zero-order chi connectivity index (χ0) is 17.8. The third-order valence-corrected chi connectivity index (χ3v) is 7.86. The first-order chi connectivity index (χ1) is 12.3. The van der Waals surface area contributed by atoms with E-state index in [-0.39, 0.29) is 0 Å². The summed E-state index contributed by atoms with van der Waals surface area (Å²) in [5.41, 5.74) is 0. The Kier molecular flexibility index (Phi) is 8.60. The maximum atomic E-state index is 6.62. The van der Waals surface area contributed by atoms with Crippen LogP contribution < -0.4 is 8.85 Å². The molecule has 0 aromatic heterocycles. The first kappa shape index (κ1) is 19.6. The van der Waals surface area contributed by atoms with E-state index in [1.165, 1.54) is 38.5 Å². The van der Waals surface area contributed by atoms with Gasteiger partial charge in [-0.1, -0.05) is 75.9 Å². The van der Waals surface area contributed by atoms with Crippen molar-refractivity contribution in [1.29, 1.82) is 0 Å². The van der Waals surface area contributed by atoms with E-state index in [0.717, 1.165) is 23.6 Å². The number of unbranched alkanes of at least 4 members (excludes halogenated alkanes) is 4. The van der Waals surface area contributed by atoms with Gasteiger partial charge in [0.25, 0.3) is 0 Å². The van der Waals surface area contributed by atoms with Gasteiger partial charge < -0.3 is 8.85 Å². The van der Waals surface area contributed by atoms with Crippen molar-refractivity contribution in [2.75, 3.05) is 0 Å². The van der Waals surface area contributed by atoms with Crippen molar-refractivity contribution in [2.45, 2.75) is 64.5 Å². The summed E-state index contributed by atoms with van der Waals surface area (Å²) in [5.74, 6) is 1.89. The van der Waals surface area contributed by atoms with Gasteiger partial charge >= 0.3 is 8.56 Å². The molecule has 0 unspecified atom stereocenters. The Morgan fingerprint density at radius 3 is 1.36 bits per heavy atom. The van der Waals surface area contributed by atoms with Crippen molar-refractivity contribution in [3.05, 3.63) is 60.7 Å². The SMILES string of the molecule is CCCCC[Si](CCCCC)(Oc1ccccc1)Oc1ccccc1. The van der Waals surface area contributed by atoms with Crippen LogP contribution in [-0.2, 0) is 0 Å². The summed E-state index contributed by atoms with van der Waals surface area (Å²) in [4.78, 5) is 0. The predicted octanol–water partition coefficient (Wildman–Crippen LogP) is 6.97. The summed E-state index contributed by atoms with van der Waals surface area (Å²) in [6.45, 7) is 4.49. The molecule has 2 nitrogen and oxygen atoms in total.